The fraction of sp³-hybridized carbons (Fsp3) is 0.400. The van der Waals surface area contributed by atoms with Gasteiger partial charge in [0.25, 0.3) is 0 Å². The van der Waals surface area contributed by atoms with E-state index in [0.29, 0.717) is 35.4 Å². The van der Waals surface area contributed by atoms with Gasteiger partial charge in [0.05, 0.1) is 41.7 Å². The number of rotatable bonds is 14. The molecule has 5 rings (SSSR count). The molecular formula is C30H35N2O7PS. The second-order valence-electron chi connectivity index (χ2n) is 9.89. The van der Waals surface area contributed by atoms with E-state index in [1.807, 2.05) is 50.2 Å². The third-order valence-electron chi connectivity index (χ3n) is 6.40. The Morgan fingerprint density at radius 1 is 1.07 bits per heavy atom. The maximum atomic E-state index is 13.4. The van der Waals surface area contributed by atoms with E-state index >= 15 is 0 Å². The number of benzene rings is 2. The van der Waals surface area contributed by atoms with E-state index in [0.717, 1.165) is 34.2 Å². The summed E-state index contributed by atoms with van der Waals surface area (Å²) >= 11 is 1.45. The molecular weight excluding hydrogens is 563 g/mol. The van der Waals surface area contributed by atoms with Gasteiger partial charge in [0.15, 0.2) is 5.13 Å². The van der Waals surface area contributed by atoms with Crippen LogP contribution >= 0.6 is 18.9 Å². The quantitative estimate of drug-likeness (QED) is 0.119. The first kappa shape index (κ1) is 29.5. The zero-order chi connectivity index (χ0) is 29.0. The van der Waals surface area contributed by atoms with E-state index in [9.17, 15) is 9.36 Å². The van der Waals surface area contributed by atoms with E-state index in [1.54, 1.807) is 26.0 Å². The van der Waals surface area contributed by atoms with Gasteiger partial charge in [-0.05, 0) is 76.4 Å². The first-order chi connectivity index (χ1) is 19.8. The molecule has 0 bridgehead atoms. The lowest BCUT2D eigenvalue weighted by molar-refractivity contribution is -0.117. The second-order valence-corrected chi connectivity index (χ2v) is 12.8. The number of fused-ring (bicyclic) bond motifs is 1. The molecule has 0 unspecified atom stereocenters. The molecule has 41 heavy (non-hydrogen) atoms. The predicted octanol–water partition coefficient (Wildman–Crippen LogP) is 7.27. The number of thiazole rings is 1. The first-order valence-corrected chi connectivity index (χ1v) is 16.3. The minimum Gasteiger partial charge on any atom is -0.490 e. The summed E-state index contributed by atoms with van der Waals surface area (Å²) in [6.07, 6.45) is 1.96. The molecule has 1 fully saturated rings. The molecule has 1 aliphatic rings. The van der Waals surface area contributed by atoms with Crippen LogP contribution in [0.2, 0.25) is 0 Å². The third kappa shape index (κ3) is 6.90. The summed E-state index contributed by atoms with van der Waals surface area (Å²) in [5, 5.41) is 3.55. The number of nitrogens with one attached hydrogen (secondary N) is 1. The predicted molar refractivity (Wildman–Crippen MR) is 161 cm³/mol. The number of amides is 1. The number of carbonyl (C=O) groups excluding carboxylic acids is 1. The highest BCUT2D eigenvalue weighted by Gasteiger charge is 2.32. The SMILES string of the molecule is CCOP(=O)(OCC)c1ccc(-c2cc(-c3cccc4nc(NC(=O)C5CC5)sc34)ccc2OCCOC(C)C)o1. The largest absolute Gasteiger partial charge is 0.490 e. The number of carbonyl (C=O) groups is 1. The maximum absolute atomic E-state index is 13.4. The van der Waals surface area contributed by atoms with E-state index < -0.39 is 7.60 Å². The zero-order valence-corrected chi connectivity index (χ0v) is 25.4. The number of anilines is 1. The Hall–Kier alpha value is -3.01. The molecule has 2 aromatic heterocycles. The van der Waals surface area contributed by atoms with Crippen LogP contribution in [0.4, 0.5) is 5.13 Å². The standard InChI is InChI=1S/C30H35N2O7PS/c1-5-37-40(34,38-6-2)27-15-14-26(39-27)23-18-21(12-13-25(23)36-17-16-35-19(3)4)22-8-7-9-24-28(22)41-30(31-24)32-29(33)20-10-11-20/h7-9,12-15,18-20H,5-6,10-11,16-17H2,1-4H3,(H,31,32,33). The lowest BCUT2D eigenvalue weighted by Crippen LogP contribution is -2.12. The topological polar surface area (TPSA) is 109 Å². The zero-order valence-electron chi connectivity index (χ0n) is 23.7. The molecule has 1 N–H and O–H groups in total. The third-order valence-corrected chi connectivity index (χ3v) is 9.40. The van der Waals surface area contributed by atoms with Crippen LogP contribution in [0.1, 0.15) is 40.5 Å². The summed E-state index contributed by atoms with van der Waals surface area (Å²) < 4.78 is 43.1. The number of hydrogen-bond acceptors (Lipinski definition) is 9. The van der Waals surface area contributed by atoms with Crippen LogP contribution in [0, 0.1) is 5.92 Å². The average molecular weight is 599 g/mol. The molecule has 0 aliphatic heterocycles. The summed E-state index contributed by atoms with van der Waals surface area (Å²) in [5.74, 6) is 1.19. The minimum absolute atomic E-state index is 0.0286. The van der Waals surface area contributed by atoms with Crippen LogP contribution < -0.4 is 15.6 Å². The van der Waals surface area contributed by atoms with Crippen LogP contribution in [0.15, 0.2) is 52.9 Å². The van der Waals surface area contributed by atoms with Crippen molar-refractivity contribution in [3.63, 3.8) is 0 Å². The molecule has 0 spiro atoms. The van der Waals surface area contributed by atoms with Gasteiger partial charge in [-0.15, -0.1) is 0 Å². The van der Waals surface area contributed by atoms with Gasteiger partial charge in [0.1, 0.15) is 18.1 Å². The Kier molecular flexibility index (Phi) is 9.26. The molecule has 218 valence electrons. The number of aromatic nitrogens is 1. The van der Waals surface area contributed by atoms with Gasteiger partial charge in [-0.2, -0.15) is 0 Å². The highest BCUT2D eigenvalue weighted by molar-refractivity contribution is 7.61. The van der Waals surface area contributed by atoms with Crippen molar-refractivity contribution in [2.75, 3.05) is 31.7 Å². The van der Waals surface area contributed by atoms with Gasteiger partial charge in [-0.3, -0.25) is 9.36 Å². The summed E-state index contributed by atoms with van der Waals surface area (Å²) in [7, 11) is -3.61. The van der Waals surface area contributed by atoms with E-state index in [-0.39, 0.29) is 36.6 Å². The molecule has 2 aromatic carbocycles. The second kappa shape index (κ2) is 12.9. The summed E-state index contributed by atoms with van der Waals surface area (Å²) in [6.45, 7) is 8.68. The molecule has 2 heterocycles. The average Bonchev–Trinajstić information content (AvgIpc) is 3.53. The van der Waals surface area contributed by atoms with Crippen LogP contribution in [-0.4, -0.2) is 43.4 Å². The Morgan fingerprint density at radius 3 is 2.56 bits per heavy atom. The van der Waals surface area contributed by atoms with Crippen molar-refractivity contribution in [1.29, 1.82) is 0 Å². The summed E-state index contributed by atoms with van der Waals surface area (Å²) in [5.41, 5.74) is 3.50. The van der Waals surface area contributed by atoms with Gasteiger partial charge in [-0.25, -0.2) is 4.98 Å². The highest BCUT2D eigenvalue weighted by atomic mass is 32.1. The molecule has 0 atom stereocenters. The van der Waals surface area contributed by atoms with Crippen molar-refractivity contribution in [2.24, 2.45) is 5.92 Å². The number of hydrogen-bond donors (Lipinski definition) is 1. The Labute approximate surface area is 243 Å². The smallest absolute Gasteiger partial charge is 0.396 e. The van der Waals surface area contributed by atoms with E-state index in [2.05, 4.69) is 10.3 Å². The molecule has 1 aliphatic carbocycles. The molecule has 9 nitrogen and oxygen atoms in total. The van der Waals surface area contributed by atoms with Crippen LogP contribution in [0.5, 0.6) is 5.75 Å². The monoisotopic (exact) mass is 598 g/mol. The molecule has 0 saturated heterocycles. The minimum atomic E-state index is -3.61. The Morgan fingerprint density at radius 2 is 1.85 bits per heavy atom. The van der Waals surface area contributed by atoms with Gasteiger partial charge < -0.3 is 28.3 Å². The van der Waals surface area contributed by atoms with E-state index in [4.69, 9.17) is 22.9 Å². The lowest BCUT2D eigenvalue weighted by Gasteiger charge is -2.15. The van der Waals surface area contributed by atoms with Crippen LogP contribution in [0.3, 0.4) is 0 Å². The van der Waals surface area contributed by atoms with Gasteiger partial charge >= 0.3 is 7.60 Å². The molecule has 11 heteroatoms. The number of furan rings is 1. The van der Waals surface area contributed by atoms with Crippen LogP contribution in [0.25, 0.3) is 32.7 Å². The summed E-state index contributed by atoms with van der Waals surface area (Å²) in [4.78, 5) is 17.0. The van der Waals surface area contributed by atoms with Crippen molar-refractivity contribution in [3.8, 4) is 28.2 Å². The molecule has 1 amide bonds. The maximum Gasteiger partial charge on any atom is 0.396 e. The van der Waals surface area contributed by atoms with Crippen molar-refractivity contribution in [2.45, 2.75) is 46.6 Å². The molecule has 0 radical (unpaired) electrons. The van der Waals surface area contributed by atoms with Crippen LogP contribution in [-0.2, 0) is 23.1 Å². The summed E-state index contributed by atoms with van der Waals surface area (Å²) in [6, 6.07) is 15.1. The van der Waals surface area contributed by atoms with Crippen molar-refractivity contribution in [1.82, 2.24) is 4.98 Å². The van der Waals surface area contributed by atoms with Crippen molar-refractivity contribution < 1.29 is 32.3 Å². The van der Waals surface area contributed by atoms with Crippen molar-refractivity contribution >= 4 is 45.7 Å². The fourth-order valence-corrected chi connectivity index (χ4v) is 6.84. The van der Waals surface area contributed by atoms with E-state index in [1.165, 1.54) is 11.3 Å². The lowest BCUT2D eigenvalue weighted by atomic mass is 10.0. The van der Waals surface area contributed by atoms with Gasteiger partial charge in [-0.1, -0.05) is 29.5 Å². The normalized spacial score (nSPS) is 13.7. The van der Waals surface area contributed by atoms with Gasteiger partial charge in [0.2, 0.25) is 11.4 Å². The van der Waals surface area contributed by atoms with Gasteiger partial charge in [0, 0.05) is 11.5 Å². The fourth-order valence-electron chi connectivity index (χ4n) is 4.36. The Balaban J connectivity index is 1.51. The number of nitrogens with zero attached hydrogens (tertiary/aromatic N) is 1. The van der Waals surface area contributed by atoms with Crippen molar-refractivity contribution in [3.05, 3.63) is 48.5 Å². The molecule has 4 aromatic rings. The number of ether oxygens (including phenoxy) is 2. The highest BCUT2D eigenvalue weighted by Crippen LogP contribution is 2.48. The molecule has 1 saturated carbocycles. The Bertz CT molecular complexity index is 1550. The first-order valence-electron chi connectivity index (χ1n) is 13.9.